The molecule has 0 saturated heterocycles. The lowest BCUT2D eigenvalue weighted by atomic mass is 9.99. The molecule has 6 heteroatoms. The van der Waals surface area contributed by atoms with Crippen LogP contribution in [-0.4, -0.2) is 25.5 Å². The van der Waals surface area contributed by atoms with E-state index in [1.807, 2.05) is 38.1 Å². The molecule has 0 amide bonds. The number of carbonyl (C=O) groups excluding carboxylic acids is 2. The highest BCUT2D eigenvalue weighted by molar-refractivity contribution is 5.98. The van der Waals surface area contributed by atoms with Gasteiger partial charge in [-0.1, -0.05) is 52.0 Å². The summed E-state index contributed by atoms with van der Waals surface area (Å²) < 4.78 is 21.5. The van der Waals surface area contributed by atoms with Crippen LogP contribution in [0.2, 0.25) is 0 Å². The van der Waals surface area contributed by atoms with E-state index in [0.29, 0.717) is 58.4 Å². The van der Waals surface area contributed by atoms with E-state index in [4.69, 9.17) is 18.9 Å². The first-order chi connectivity index (χ1) is 14.2. The van der Waals surface area contributed by atoms with Crippen LogP contribution in [0, 0.1) is 25.7 Å². The van der Waals surface area contributed by atoms with Crippen molar-refractivity contribution in [1.82, 2.24) is 0 Å². The summed E-state index contributed by atoms with van der Waals surface area (Å²) in [5.41, 5.74) is 1.39. The predicted octanol–water partition coefficient (Wildman–Crippen LogP) is 6.58. The van der Waals surface area contributed by atoms with Gasteiger partial charge in [-0.25, -0.2) is 9.59 Å². The van der Waals surface area contributed by atoms with Crippen LogP contribution >= 0.6 is 0 Å². The highest BCUT2D eigenvalue weighted by atomic mass is 16.7. The van der Waals surface area contributed by atoms with Gasteiger partial charge in [-0.3, -0.25) is 0 Å². The van der Waals surface area contributed by atoms with Crippen molar-refractivity contribution in [3.8, 4) is 11.5 Å². The van der Waals surface area contributed by atoms with E-state index in [0.717, 1.165) is 12.8 Å². The molecule has 0 bridgehead atoms. The van der Waals surface area contributed by atoms with Gasteiger partial charge in [0.15, 0.2) is 0 Å². The van der Waals surface area contributed by atoms with Gasteiger partial charge in [-0.2, -0.15) is 0 Å². The van der Waals surface area contributed by atoms with Gasteiger partial charge in [-0.05, 0) is 49.7 Å². The maximum atomic E-state index is 12.2. The first kappa shape index (κ1) is 23.5. The van der Waals surface area contributed by atoms with Crippen LogP contribution in [0.3, 0.4) is 0 Å². The normalized spacial score (nSPS) is 11.1. The van der Waals surface area contributed by atoms with Gasteiger partial charge in [0, 0.05) is 10.8 Å². The first-order valence-corrected chi connectivity index (χ1v) is 10.4. The van der Waals surface area contributed by atoms with Crippen LogP contribution in [0.25, 0.3) is 10.8 Å². The fourth-order valence-corrected chi connectivity index (χ4v) is 2.87. The zero-order chi connectivity index (χ0) is 22.3. The van der Waals surface area contributed by atoms with E-state index in [-0.39, 0.29) is 0 Å². The molecule has 0 aliphatic heterocycles. The molecule has 6 nitrogen and oxygen atoms in total. The van der Waals surface area contributed by atoms with Crippen molar-refractivity contribution >= 4 is 23.1 Å². The highest BCUT2D eigenvalue weighted by Crippen LogP contribution is 2.40. The Morgan fingerprint density at radius 1 is 0.733 bits per heavy atom. The second-order valence-corrected chi connectivity index (χ2v) is 8.22. The van der Waals surface area contributed by atoms with Gasteiger partial charge in [0.1, 0.15) is 11.5 Å². The lowest BCUT2D eigenvalue weighted by Gasteiger charge is -2.18. The fourth-order valence-electron chi connectivity index (χ4n) is 2.87. The van der Waals surface area contributed by atoms with Gasteiger partial charge < -0.3 is 18.9 Å². The molecular weight excluding hydrogens is 384 g/mol. The number of hydrogen-bond donors (Lipinski definition) is 0. The van der Waals surface area contributed by atoms with E-state index in [1.165, 1.54) is 0 Å². The Kier molecular flexibility index (Phi) is 8.51. The van der Waals surface area contributed by atoms with Gasteiger partial charge in [-0.15, -0.1) is 0 Å². The average molecular weight is 417 g/mol. The number of carbonyl (C=O) groups is 2. The van der Waals surface area contributed by atoms with Crippen LogP contribution in [0.4, 0.5) is 9.59 Å². The van der Waals surface area contributed by atoms with E-state index < -0.39 is 12.3 Å². The minimum atomic E-state index is -0.745. The van der Waals surface area contributed by atoms with Gasteiger partial charge in [0.2, 0.25) is 0 Å². The number of fused-ring (bicyclic) bond motifs is 1. The fraction of sp³-hybridized carbons (Fsp3) is 0.500. The van der Waals surface area contributed by atoms with Crippen molar-refractivity contribution in [2.24, 2.45) is 11.8 Å². The molecule has 0 unspecified atom stereocenters. The Balaban J connectivity index is 2.26. The Hall–Kier alpha value is -2.76. The molecule has 2 aromatic carbocycles. The van der Waals surface area contributed by atoms with E-state index in [9.17, 15) is 9.59 Å². The summed E-state index contributed by atoms with van der Waals surface area (Å²) in [6.07, 6.45) is 0.0363. The standard InChI is InChI=1S/C24H32O6/c1-15(2)11-13-27-23(25)29-21-17(5)18(6)22(20-10-8-7-9-19(20)21)30-24(26)28-14-12-16(3)4/h7-10,15-16H,11-14H2,1-6H3. The summed E-state index contributed by atoms with van der Waals surface area (Å²) in [5, 5.41) is 1.32. The number of rotatable bonds is 8. The molecule has 0 atom stereocenters. The molecule has 0 radical (unpaired) electrons. The van der Waals surface area contributed by atoms with E-state index in [1.54, 1.807) is 0 Å². The number of benzene rings is 2. The van der Waals surface area contributed by atoms with Gasteiger partial charge >= 0.3 is 12.3 Å². The SMILES string of the molecule is Cc1c(C)c(OC(=O)OCCC(C)C)c2ccccc2c1OC(=O)OCCC(C)C. The Morgan fingerprint density at radius 2 is 1.10 bits per heavy atom. The summed E-state index contributed by atoms with van der Waals surface area (Å²) in [5.74, 6) is 1.66. The number of ether oxygens (including phenoxy) is 4. The van der Waals surface area contributed by atoms with Gasteiger partial charge in [0.05, 0.1) is 13.2 Å². The minimum absolute atomic E-state index is 0.301. The molecule has 0 aliphatic carbocycles. The van der Waals surface area contributed by atoms with Crippen molar-refractivity contribution in [1.29, 1.82) is 0 Å². The third-order valence-corrected chi connectivity index (χ3v) is 4.86. The largest absolute Gasteiger partial charge is 0.513 e. The molecule has 2 aromatic rings. The smallest absolute Gasteiger partial charge is 0.434 e. The predicted molar refractivity (Wildman–Crippen MR) is 116 cm³/mol. The number of hydrogen-bond acceptors (Lipinski definition) is 6. The molecule has 0 fully saturated rings. The summed E-state index contributed by atoms with van der Waals surface area (Å²) in [6, 6.07) is 7.29. The molecule has 0 spiro atoms. The van der Waals surface area contributed by atoms with Crippen LogP contribution in [-0.2, 0) is 9.47 Å². The molecule has 0 N–H and O–H groups in total. The summed E-state index contributed by atoms with van der Waals surface area (Å²) in [7, 11) is 0. The molecule has 0 aromatic heterocycles. The zero-order valence-electron chi connectivity index (χ0n) is 18.7. The van der Waals surface area contributed by atoms with Crippen LogP contribution < -0.4 is 9.47 Å². The summed E-state index contributed by atoms with van der Waals surface area (Å²) in [4.78, 5) is 24.4. The molecule has 164 valence electrons. The lowest BCUT2D eigenvalue weighted by molar-refractivity contribution is 0.0929. The van der Waals surface area contributed by atoms with Crippen molar-refractivity contribution in [2.45, 2.75) is 54.4 Å². The van der Waals surface area contributed by atoms with Crippen molar-refractivity contribution in [3.05, 3.63) is 35.4 Å². The van der Waals surface area contributed by atoms with Crippen LogP contribution in [0.15, 0.2) is 24.3 Å². The second-order valence-electron chi connectivity index (χ2n) is 8.22. The van der Waals surface area contributed by atoms with Crippen LogP contribution in [0.1, 0.15) is 51.7 Å². The molecule has 30 heavy (non-hydrogen) atoms. The Bertz CT molecular complexity index is 812. The third kappa shape index (κ3) is 6.37. The molecule has 0 heterocycles. The second kappa shape index (κ2) is 10.9. The van der Waals surface area contributed by atoms with E-state index in [2.05, 4.69) is 27.7 Å². The summed E-state index contributed by atoms with van der Waals surface area (Å²) >= 11 is 0. The third-order valence-electron chi connectivity index (χ3n) is 4.86. The Labute approximate surface area is 178 Å². The van der Waals surface area contributed by atoms with Gasteiger partial charge in [0.25, 0.3) is 0 Å². The molecule has 0 aliphatic rings. The summed E-state index contributed by atoms with van der Waals surface area (Å²) in [6.45, 7) is 12.5. The first-order valence-electron chi connectivity index (χ1n) is 10.4. The maximum Gasteiger partial charge on any atom is 0.513 e. The monoisotopic (exact) mass is 416 g/mol. The quantitative estimate of drug-likeness (QED) is 0.357. The molecule has 2 rings (SSSR count). The highest BCUT2D eigenvalue weighted by Gasteiger charge is 2.21. The van der Waals surface area contributed by atoms with Crippen LogP contribution in [0.5, 0.6) is 11.5 Å². The molecular formula is C24H32O6. The Morgan fingerprint density at radius 3 is 1.43 bits per heavy atom. The maximum absolute atomic E-state index is 12.2. The van der Waals surface area contributed by atoms with E-state index >= 15 is 0 Å². The topological polar surface area (TPSA) is 71.1 Å². The van der Waals surface area contributed by atoms with Crippen molar-refractivity contribution in [3.63, 3.8) is 0 Å². The van der Waals surface area contributed by atoms with Crippen molar-refractivity contribution in [2.75, 3.05) is 13.2 Å². The van der Waals surface area contributed by atoms with Crippen molar-refractivity contribution < 1.29 is 28.5 Å². The molecule has 0 saturated carbocycles. The minimum Gasteiger partial charge on any atom is -0.434 e. The zero-order valence-corrected chi connectivity index (χ0v) is 18.7. The lowest BCUT2D eigenvalue weighted by Crippen LogP contribution is -2.15. The average Bonchev–Trinajstić information content (AvgIpc) is 2.68.